The second kappa shape index (κ2) is 5.21. The standard InChI is InChI=1S/C12H14FIN4/c1-3-10(9-5-4-8(13)6-16-9)18-12(15)11(14)7(2)17-18/h4-6,10H,3,15H2,1-2H3. The van der Waals surface area contributed by atoms with E-state index in [2.05, 4.69) is 32.7 Å². The molecule has 0 fully saturated rings. The van der Waals surface area contributed by atoms with Gasteiger partial charge in [0.2, 0.25) is 0 Å². The normalized spacial score (nSPS) is 12.7. The van der Waals surface area contributed by atoms with Crippen LogP contribution < -0.4 is 5.73 Å². The van der Waals surface area contributed by atoms with Gasteiger partial charge in [-0.3, -0.25) is 4.98 Å². The number of aryl methyl sites for hydroxylation is 1. The monoisotopic (exact) mass is 360 g/mol. The van der Waals surface area contributed by atoms with Crippen LogP contribution in [-0.2, 0) is 0 Å². The molecule has 0 aliphatic rings. The summed E-state index contributed by atoms with van der Waals surface area (Å²) in [7, 11) is 0. The van der Waals surface area contributed by atoms with Gasteiger partial charge in [0.25, 0.3) is 0 Å². The molecule has 0 radical (unpaired) electrons. The first-order chi connectivity index (χ1) is 8.54. The number of hydrogen-bond acceptors (Lipinski definition) is 3. The molecule has 0 amide bonds. The molecule has 2 N–H and O–H groups in total. The van der Waals surface area contributed by atoms with Crippen LogP contribution in [0.3, 0.4) is 0 Å². The lowest BCUT2D eigenvalue weighted by Gasteiger charge is -2.16. The summed E-state index contributed by atoms with van der Waals surface area (Å²) in [6.45, 7) is 3.94. The first-order valence-electron chi connectivity index (χ1n) is 5.66. The van der Waals surface area contributed by atoms with Crippen molar-refractivity contribution >= 4 is 28.4 Å². The molecule has 0 aromatic carbocycles. The Hall–Kier alpha value is -1.18. The maximum atomic E-state index is 12.9. The van der Waals surface area contributed by atoms with Gasteiger partial charge in [-0.15, -0.1) is 0 Å². The zero-order valence-electron chi connectivity index (χ0n) is 10.2. The van der Waals surface area contributed by atoms with Gasteiger partial charge < -0.3 is 5.73 Å². The van der Waals surface area contributed by atoms with E-state index in [9.17, 15) is 4.39 Å². The topological polar surface area (TPSA) is 56.7 Å². The van der Waals surface area contributed by atoms with E-state index in [0.717, 1.165) is 21.4 Å². The lowest BCUT2D eigenvalue weighted by molar-refractivity contribution is 0.498. The number of hydrogen-bond donors (Lipinski definition) is 1. The van der Waals surface area contributed by atoms with Crippen molar-refractivity contribution in [1.29, 1.82) is 0 Å². The third kappa shape index (κ3) is 2.33. The van der Waals surface area contributed by atoms with Crippen molar-refractivity contribution in [1.82, 2.24) is 14.8 Å². The number of rotatable bonds is 3. The minimum Gasteiger partial charge on any atom is -0.383 e. The fraction of sp³-hybridized carbons (Fsp3) is 0.333. The van der Waals surface area contributed by atoms with E-state index in [-0.39, 0.29) is 11.9 Å². The Kier molecular flexibility index (Phi) is 3.84. The van der Waals surface area contributed by atoms with Crippen molar-refractivity contribution in [3.63, 3.8) is 0 Å². The van der Waals surface area contributed by atoms with Gasteiger partial charge >= 0.3 is 0 Å². The Labute approximate surface area is 119 Å². The van der Waals surface area contributed by atoms with Crippen LogP contribution in [-0.4, -0.2) is 14.8 Å². The molecule has 96 valence electrons. The highest BCUT2D eigenvalue weighted by Crippen LogP contribution is 2.27. The van der Waals surface area contributed by atoms with Crippen LogP contribution in [0.1, 0.15) is 30.8 Å². The number of anilines is 1. The average Bonchev–Trinajstić information content (AvgIpc) is 2.61. The molecule has 2 aromatic rings. The van der Waals surface area contributed by atoms with Crippen molar-refractivity contribution in [2.45, 2.75) is 26.3 Å². The van der Waals surface area contributed by atoms with E-state index < -0.39 is 0 Å². The summed E-state index contributed by atoms with van der Waals surface area (Å²) >= 11 is 2.18. The third-order valence-electron chi connectivity index (χ3n) is 2.82. The quantitative estimate of drug-likeness (QED) is 0.857. The maximum absolute atomic E-state index is 12.9. The Morgan fingerprint density at radius 2 is 2.22 bits per heavy atom. The third-order valence-corrected chi connectivity index (χ3v) is 4.15. The van der Waals surface area contributed by atoms with E-state index in [4.69, 9.17) is 5.73 Å². The smallest absolute Gasteiger partial charge is 0.141 e. The second-order valence-electron chi connectivity index (χ2n) is 4.05. The van der Waals surface area contributed by atoms with Gasteiger partial charge in [0, 0.05) is 0 Å². The van der Waals surface area contributed by atoms with Gasteiger partial charge in [-0.2, -0.15) is 5.10 Å². The first-order valence-corrected chi connectivity index (χ1v) is 6.74. The molecule has 1 atom stereocenters. The molecule has 1 unspecified atom stereocenters. The molecule has 18 heavy (non-hydrogen) atoms. The highest BCUT2D eigenvalue weighted by atomic mass is 127. The Morgan fingerprint density at radius 3 is 2.67 bits per heavy atom. The summed E-state index contributed by atoms with van der Waals surface area (Å²) in [5.41, 5.74) is 7.70. The summed E-state index contributed by atoms with van der Waals surface area (Å²) < 4.78 is 15.6. The highest BCUT2D eigenvalue weighted by molar-refractivity contribution is 14.1. The minimum absolute atomic E-state index is 0.0622. The van der Waals surface area contributed by atoms with Crippen LogP contribution >= 0.6 is 22.6 Å². The molecule has 2 aromatic heterocycles. The highest BCUT2D eigenvalue weighted by Gasteiger charge is 2.19. The molecule has 0 bridgehead atoms. The number of halogens is 2. The summed E-state index contributed by atoms with van der Waals surface area (Å²) in [5, 5.41) is 4.43. The summed E-state index contributed by atoms with van der Waals surface area (Å²) in [4.78, 5) is 4.11. The lowest BCUT2D eigenvalue weighted by Crippen LogP contribution is -2.15. The van der Waals surface area contributed by atoms with E-state index in [1.54, 1.807) is 10.7 Å². The van der Waals surface area contributed by atoms with Crippen LogP contribution in [0.4, 0.5) is 10.2 Å². The summed E-state index contributed by atoms with van der Waals surface area (Å²) in [6.07, 6.45) is 2.01. The molecular formula is C12H14FIN4. The van der Waals surface area contributed by atoms with E-state index in [1.807, 2.05) is 13.8 Å². The van der Waals surface area contributed by atoms with Crippen LogP contribution in [0.5, 0.6) is 0 Å². The predicted octanol–water partition coefficient (Wildman–Crippen LogP) is 2.91. The van der Waals surface area contributed by atoms with Crippen molar-refractivity contribution < 1.29 is 4.39 Å². The van der Waals surface area contributed by atoms with Gasteiger partial charge in [0.05, 0.1) is 27.2 Å². The van der Waals surface area contributed by atoms with Gasteiger partial charge in [-0.05, 0) is 48.1 Å². The number of nitrogen functional groups attached to an aromatic ring is 1. The Bertz CT molecular complexity index is 550. The Morgan fingerprint density at radius 1 is 1.50 bits per heavy atom. The molecule has 0 aliphatic heterocycles. The molecular weight excluding hydrogens is 346 g/mol. The van der Waals surface area contributed by atoms with E-state index >= 15 is 0 Å². The number of aromatic nitrogens is 3. The number of nitrogens with two attached hydrogens (primary N) is 1. The second-order valence-corrected chi connectivity index (χ2v) is 5.13. The van der Waals surface area contributed by atoms with E-state index in [1.165, 1.54) is 12.3 Å². The molecule has 0 saturated heterocycles. The molecule has 2 heterocycles. The van der Waals surface area contributed by atoms with Gasteiger partial charge in [-0.25, -0.2) is 9.07 Å². The molecule has 0 spiro atoms. The predicted molar refractivity (Wildman–Crippen MR) is 76.7 cm³/mol. The summed E-state index contributed by atoms with van der Waals surface area (Å²) in [6, 6.07) is 3.02. The van der Waals surface area contributed by atoms with Crippen molar-refractivity contribution in [2.24, 2.45) is 0 Å². The van der Waals surface area contributed by atoms with Gasteiger partial charge in [0.15, 0.2) is 0 Å². The van der Waals surface area contributed by atoms with Gasteiger partial charge in [0.1, 0.15) is 11.6 Å². The summed E-state index contributed by atoms with van der Waals surface area (Å²) in [5.74, 6) is 0.291. The first kappa shape index (κ1) is 13.3. The fourth-order valence-corrected chi connectivity index (χ4v) is 2.23. The van der Waals surface area contributed by atoms with Crippen LogP contribution in [0.25, 0.3) is 0 Å². The van der Waals surface area contributed by atoms with E-state index in [0.29, 0.717) is 5.82 Å². The van der Waals surface area contributed by atoms with Crippen LogP contribution in [0.2, 0.25) is 0 Å². The van der Waals surface area contributed by atoms with Gasteiger partial charge in [-0.1, -0.05) is 6.92 Å². The Balaban J connectivity index is 2.45. The van der Waals surface area contributed by atoms with Crippen molar-refractivity contribution in [3.05, 3.63) is 39.1 Å². The van der Waals surface area contributed by atoms with Crippen molar-refractivity contribution in [2.75, 3.05) is 5.73 Å². The van der Waals surface area contributed by atoms with Crippen LogP contribution in [0, 0.1) is 16.3 Å². The molecule has 6 heteroatoms. The number of nitrogens with zero attached hydrogens (tertiary/aromatic N) is 3. The fourth-order valence-electron chi connectivity index (χ4n) is 1.87. The maximum Gasteiger partial charge on any atom is 0.141 e. The molecule has 2 rings (SSSR count). The SMILES string of the molecule is CCC(c1ccc(F)cn1)n1nc(C)c(I)c1N. The lowest BCUT2D eigenvalue weighted by atomic mass is 10.1. The zero-order chi connectivity index (χ0) is 13.3. The molecule has 0 saturated carbocycles. The molecule has 4 nitrogen and oxygen atoms in total. The number of pyridine rings is 1. The zero-order valence-corrected chi connectivity index (χ0v) is 12.3. The molecule has 0 aliphatic carbocycles. The van der Waals surface area contributed by atoms with Crippen LogP contribution in [0.15, 0.2) is 18.3 Å². The average molecular weight is 360 g/mol. The largest absolute Gasteiger partial charge is 0.383 e. The van der Waals surface area contributed by atoms with Crippen molar-refractivity contribution in [3.8, 4) is 0 Å². The minimum atomic E-state index is -0.340.